The first-order valence-electron chi connectivity index (χ1n) is 11.9. The molecule has 0 bridgehead atoms. The van der Waals surface area contributed by atoms with Crippen LogP contribution in [-0.2, 0) is 19.1 Å². The molecule has 29 heavy (non-hydrogen) atoms. The van der Waals surface area contributed by atoms with E-state index in [1.54, 1.807) is 0 Å². The maximum atomic E-state index is 12.3. The van der Waals surface area contributed by atoms with Crippen molar-refractivity contribution in [3.05, 3.63) is 11.6 Å². The molecule has 4 nitrogen and oxygen atoms in total. The van der Waals surface area contributed by atoms with Gasteiger partial charge in [0.15, 0.2) is 5.78 Å². The average Bonchev–Trinajstić information content (AvgIpc) is 3.16. The molecule has 0 amide bonds. The Labute approximate surface area is 173 Å². The Morgan fingerprint density at radius 3 is 2.69 bits per heavy atom. The highest BCUT2D eigenvalue weighted by Gasteiger charge is 2.82. The number of rotatable bonds is 2. The first-order chi connectivity index (χ1) is 13.8. The van der Waals surface area contributed by atoms with Crippen LogP contribution in [0, 0.1) is 28.6 Å². The lowest BCUT2D eigenvalue weighted by Gasteiger charge is -2.59. The SMILES string of the molecule is CCC[C@@H]1CC2=CC(=O)CC[C@]2(C)[C@@]23O[C@@H]2C[C@@]2(C)C(CC[C@@]24CCC(=O)O4)C13. The van der Waals surface area contributed by atoms with Crippen molar-refractivity contribution in [2.75, 3.05) is 0 Å². The molecule has 2 saturated heterocycles. The van der Waals surface area contributed by atoms with Crippen molar-refractivity contribution in [1.82, 2.24) is 0 Å². The zero-order valence-corrected chi connectivity index (χ0v) is 18.1. The summed E-state index contributed by atoms with van der Waals surface area (Å²) in [7, 11) is 0. The van der Waals surface area contributed by atoms with Gasteiger partial charge in [-0.1, -0.05) is 39.2 Å². The third-order valence-corrected chi connectivity index (χ3v) is 10.5. The van der Waals surface area contributed by atoms with Crippen LogP contribution in [0.1, 0.15) is 85.0 Å². The first-order valence-corrected chi connectivity index (χ1v) is 11.9. The molecule has 2 aliphatic heterocycles. The third-order valence-electron chi connectivity index (χ3n) is 10.5. The molecule has 4 heteroatoms. The summed E-state index contributed by atoms with van der Waals surface area (Å²) in [6.45, 7) is 7.09. The predicted molar refractivity (Wildman–Crippen MR) is 108 cm³/mol. The summed E-state index contributed by atoms with van der Waals surface area (Å²) in [4.78, 5) is 24.4. The highest BCUT2D eigenvalue weighted by atomic mass is 16.6. The summed E-state index contributed by atoms with van der Waals surface area (Å²) in [5.74, 6) is 1.96. The van der Waals surface area contributed by atoms with Crippen LogP contribution in [0.5, 0.6) is 0 Å². The summed E-state index contributed by atoms with van der Waals surface area (Å²) < 4.78 is 12.9. The van der Waals surface area contributed by atoms with E-state index in [1.165, 1.54) is 18.4 Å². The fraction of sp³-hybridized carbons (Fsp3) is 0.840. The van der Waals surface area contributed by atoms with Gasteiger partial charge in [-0.25, -0.2) is 0 Å². The topological polar surface area (TPSA) is 55.9 Å². The van der Waals surface area contributed by atoms with E-state index < -0.39 is 0 Å². The van der Waals surface area contributed by atoms with Crippen LogP contribution in [0.2, 0.25) is 0 Å². The van der Waals surface area contributed by atoms with Gasteiger partial charge in [0, 0.05) is 23.7 Å². The number of carbonyl (C=O) groups excluding carboxylic acids is 2. The van der Waals surface area contributed by atoms with Gasteiger partial charge in [0.25, 0.3) is 0 Å². The summed E-state index contributed by atoms with van der Waals surface area (Å²) >= 11 is 0. The number of epoxide rings is 1. The minimum absolute atomic E-state index is 0.00264. The molecule has 5 fully saturated rings. The number of carbonyl (C=O) groups is 2. The van der Waals surface area contributed by atoms with Crippen molar-refractivity contribution in [3.8, 4) is 0 Å². The van der Waals surface area contributed by atoms with Crippen molar-refractivity contribution in [1.29, 1.82) is 0 Å². The zero-order valence-electron chi connectivity index (χ0n) is 18.1. The van der Waals surface area contributed by atoms with E-state index in [9.17, 15) is 9.59 Å². The van der Waals surface area contributed by atoms with Crippen molar-refractivity contribution in [2.24, 2.45) is 28.6 Å². The number of fused-ring (bicyclic) bond motifs is 4. The molecule has 3 saturated carbocycles. The molecule has 4 aliphatic carbocycles. The van der Waals surface area contributed by atoms with E-state index in [4.69, 9.17) is 9.47 Å². The van der Waals surface area contributed by atoms with E-state index in [1.807, 2.05) is 6.08 Å². The molecule has 158 valence electrons. The smallest absolute Gasteiger partial charge is 0.306 e. The van der Waals surface area contributed by atoms with E-state index in [-0.39, 0.29) is 34.1 Å². The van der Waals surface area contributed by atoms with Crippen LogP contribution in [-0.4, -0.2) is 29.1 Å². The lowest BCUT2D eigenvalue weighted by atomic mass is 9.43. The quantitative estimate of drug-likeness (QED) is 0.497. The van der Waals surface area contributed by atoms with Gasteiger partial charge in [0.05, 0.1) is 6.10 Å². The lowest BCUT2D eigenvalue weighted by Crippen LogP contribution is -2.62. The summed E-state index contributed by atoms with van der Waals surface area (Å²) in [6, 6.07) is 0. The Kier molecular flexibility index (Phi) is 3.56. The molecule has 0 aromatic heterocycles. The van der Waals surface area contributed by atoms with Gasteiger partial charge in [-0.15, -0.1) is 0 Å². The summed E-state index contributed by atoms with van der Waals surface area (Å²) in [5, 5.41) is 0. The second-order valence-corrected chi connectivity index (χ2v) is 11.4. The zero-order chi connectivity index (χ0) is 20.2. The third kappa shape index (κ3) is 2.01. The van der Waals surface area contributed by atoms with Crippen molar-refractivity contribution in [3.63, 3.8) is 0 Å². The second kappa shape index (κ2) is 5.55. The van der Waals surface area contributed by atoms with Gasteiger partial charge in [0.1, 0.15) is 11.2 Å². The normalized spacial score (nSPS) is 54.9. The van der Waals surface area contributed by atoms with Crippen molar-refractivity contribution >= 4 is 11.8 Å². The maximum absolute atomic E-state index is 12.3. The minimum Gasteiger partial charge on any atom is -0.458 e. The number of ether oxygens (including phenoxy) is 2. The average molecular weight is 399 g/mol. The van der Waals surface area contributed by atoms with Crippen molar-refractivity contribution in [2.45, 2.75) is 102 Å². The molecule has 0 aromatic carbocycles. The monoisotopic (exact) mass is 398 g/mol. The highest BCUT2D eigenvalue weighted by molar-refractivity contribution is 5.92. The van der Waals surface area contributed by atoms with Gasteiger partial charge in [0.2, 0.25) is 0 Å². The van der Waals surface area contributed by atoms with Crippen LogP contribution in [0.25, 0.3) is 0 Å². The minimum atomic E-state index is -0.261. The Morgan fingerprint density at radius 1 is 1.14 bits per heavy atom. The Hall–Kier alpha value is -1.16. The van der Waals surface area contributed by atoms with Crippen molar-refractivity contribution < 1.29 is 19.1 Å². The first kappa shape index (κ1) is 18.6. The fourth-order valence-corrected chi connectivity index (χ4v) is 9.10. The number of ketones is 1. The fourth-order valence-electron chi connectivity index (χ4n) is 9.10. The summed E-state index contributed by atoms with van der Waals surface area (Å²) in [6.07, 6.45) is 11.9. The van der Waals surface area contributed by atoms with Crippen LogP contribution >= 0.6 is 0 Å². The van der Waals surface area contributed by atoms with E-state index in [0.717, 1.165) is 38.5 Å². The molecule has 0 radical (unpaired) electrons. The van der Waals surface area contributed by atoms with Crippen LogP contribution in [0.15, 0.2) is 11.6 Å². The Morgan fingerprint density at radius 2 is 1.97 bits per heavy atom. The summed E-state index contributed by atoms with van der Waals surface area (Å²) in [5.41, 5.74) is 1.06. The highest BCUT2D eigenvalue weighted by Crippen LogP contribution is 2.78. The van der Waals surface area contributed by atoms with Crippen LogP contribution in [0.3, 0.4) is 0 Å². The molecule has 0 aromatic rings. The van der Waals surface area contributed by atoms with E-state index in [0.29, 0.717) is 36.4 Å². The van der Waals surface area contributed by atoms with E-state index >= 15 is 0 Å². The predicted octanol–water partition coefficient (Wildman–Crippen LogP) is 4.75. The molecule has 8 atom stereocenters. The maximum Gasteiger partial charge on any atom is 0.306 e. The van der Waals surface area contributed by atoms with Crippen LogP contribution in [0.4, 0.5) is 0 Å². The van der Waals surface area contributed by atoms with Gasteiger partial charge >= 0.3 is 5.97 Å². The lowest BCUT2D eigenvalue weighted by molar-refractivity contribution is -0.166. The Balaban J connectivity index is 1.46. The number of hydrogen-bond acceptors (Lipinski definition) is 4. The molecule has 2 heterocycles. The van der Waals surface area contributed by atoms with E-state index in [2.05, 4.69) is 20.8 Å². The van der Waals surface area contributed by atoms with Gasteiger partial charge in [-0.2, -0.15) is 0 Å². The molecule has 2 unspecified atom stereocenters. The second-order valence-electron chi connectivity index (χ2n) is 11.4. The number of esters is 1. The molecule has 2 spiro atoms. The van der Waals surface area contributed by atoms with Gasteiger partial charge in [-0.3, -0.25) is 9.59 Å². The Bertz CT molecular complexity index is 831. The standard InChI is InChI=1S/C25H34O4/c1-4-5-15-12-16-13-17(26)6-9-22(16,2)25-19(28-25)14-23(3)18(21(15)25)7-10-24(23)11-8-20(27)29-24/h13,15,18-19,21H,4-12,14H2,1-3H3/t15-,18?,19-,21?,22+,23+,24-,25-/m1/s1. The largest absolute Gasteiger partial charge is 0.458 e. The molecule has 6 aliphatic rings. The van der Waals surface area contributed by atoms with Gasteiger partial charge in [-0.05, 0) is 62.4 Å². The molecule has 0 N–H and O–H groups in total. The number of hydrogen-bond donors (Lipinski definition) is 0. The molecular weight excluding hydrogens is 364 g/mol. The molecule has 6 rings (SSSR count). The van der Waals surface area contributed by atoms with Gasteiger partial charge < -0.3 is 9.47 Å². The van der Waals surface area contributed by atoms with Crippen LogP contribution < -0.4 is 0 Å². The molecular formula is C25H34O4.